The highest BCUT2D eigenvalue weighted by molar-refractivity contribution is 7.80. The average molecular weight is 298 g/mol. The maximum Gasteiger partial charge on any atom is 0.226 e. The van der Waals surface area contributed by atoms with Gasteiger partial charge in [0, 0.05) is 24.7 Å². The van der Waals surface area contributed by atoms with Gasteiger partial charge < -0.3 is 10.6 Å². The van der Waals surface area contributed by atoms with Crippen LogP contribution < -0.4 is 10.6 Å². The molecule has 2 aromatic rings. The van der Waals surface area contributed by atoms with E-state index in [1.807, 2.05) is 19.1 Å². The van der Waals surface area contributed by atoms with Crippen LogP contribution in [-0.4, -0.2) is 28.0 Å². The summed E-state index contributed by atoms with van der Waals surface area (Å²) in [4.78, 5) is 11.6. The van der Waals surface area contributed by atoms with Crippen molar-refractivity contribution in [3.05, 3.63) is 53.3 Å². The Kier molecular flexibility index (Phi) is 3.84. The molecule has 1 aliphatic rings. The second kappa shape index (κ2) is 5.77. The number of rotatable bonds is 3. The lowest BCUT2D eigenvalue weighted by Crippen LogP contribution is -2.24. The quantitative estimate of drug-likeness (QED) is 0.882. The second-order valence-corrected chi connectivity index (χ2v) is 5.84. The van der Waals surface area contributed by atoms with Crippen LogP contribution in [0.1, 0.15) is 29.3 Å². The van der Waals surface area contributed by atoms with Crippen molar-refractivity contribution in [2.45, 2.75) is 19.3 Å². The molecule has 21 heavy (non-hydrogen) atoms. The van der Waals surface area contributed by atoms with Crippen molar-refractivity contribution in [2.75, 3.05) is 18.0 Å². The molecule has 1 aromatic carbocycles. The average Bonchev–Trinajstić information content (AvgIpc) is 2.97. The Balaban J connectivity index is 1.82. The summed E-state index contributed by atoms with van der Waals surface area (Å²) in [7, 11) is 0. The standard InChI is InChI=1S/C16H18N4S/c1-11-9-14(15(17)21)19-16(18-11)20-8-7-13(10-20)12-5-3-2-4-6-12/h2-6,9,13H,7-8,10H2,1H3,(H2,17,21). The molecule has 108 valence electrons. The summed E-state index contributed by atoms with van der Waals surface area (Å²) in [6, 6.07) is 12.4. The highest BCUT2D eigenvalue weighted by Gasteiger charge is 2.25. The number of benzene rings is 1. The summed E-state index contributed by atoms with van der Waals surface area (Å²) in [6.07, 6.45) is 1.11. The Hall–Kier alpha value is -2.01. The first-order valence-electron chi connectivity index (χ1n) is 7.09. The van der Waals surface area contributed by atoms with Gasteiger partial charge in [-0.2, -0.15) is 0 Å². The van der Waals surface area contributed by atoms with Crippen molar-refractivity contribution in [1.82, 2.24) is 9.97 Å². The highest BCUT2D eigenvalue weighted by Crippen LogP contribution is 2.29. The third kappa shape index (κ3) is 3.03. The molecule has 1 atom stereocenters. The van der Waals surface area contributed by atoms with Gasteiger partial charge >= 0.3 is 0 Å². The van der Waals surface area contributed by atoms with Crippen LogP contribution in [0.5, 0.6) is 0 Å². The van der Waals surface area contributed by atoms with Gasteiger partial charge in [0.05, 0.1) is 0 Å². The normalized spacial score (nSPS) is 18.0. The summed E-state index contributed by atoms with van der Waals surface area (Å²) < 4.78 is 0. The molecule has 1 aliphatic heterocycles. The first-order valence-corrected chi connectivity index (χ1v) is 7.49. The molecule has 1 unspecified atom stereocenters. The maximum absolute atomic E-state index is 5.69. The third-order valence-electron chi connectivity index (χ3n) is 3.84. The van der Waals surface area contributed by atoms with Crippen LogP contribution in [-0.2, 0) is 0 Å². The Morgan fingerprint density at radius 3 is 2.76 bits per heavy atom. The second-order valence-electron chi connectivity index (χ2n) is 5.40. The zero-order chi connectivity index (χ0) is 14.8. The molecule has 1 saturated heterocycles. The van der Waals surface area contributed by atoms with E-state index in [0.717, 1.165) is 31.2 Å². The molecule has 1 fully saturated rings. The Morgan fingerprint density at radius 1 is 1.29 bits per heavy atom. The van der Waals surface area contributed by atoms with E-state index in [2.05, 4.69) is 39.1 Å². The first-order chi connectivity index (χ1) is 10.1. The van der Waals surface area contributed by atoms with Crippen molar-refractivity contribution < 1.29 is 0 Å². The van der Waals surface area contributed by atoms with Gasteiger partial charge in [-0.3, -0.25) is 0 Å². The predicted octanol–water partition coefficient (Wildman–Crippen LogP) is 2.41. The Morgan fingerprint density at radius 2 is 2.05 bits per heavy atom. The molecule has 0 radical (unpaired) electrons. The first kappa shape index (κ1) is 13.9. The number of nitrogens with two attached hydrogens (primary N) is 1. The Labute approximate surface area is 130 Å². The van der Waals surface area contributed by atoms with E-state index in [1.54, 1.807) is 0 Å². The summed E-state index contributed by atoms with van der Waals surface area (Å²) in [6.45, 7) is 3.84. The molecule has 0 bridgehead atoms. The minimum atomic E-state index is 0.320. The smallest absolute Gasteiger partial charge is 0.226 e. The zero-order valence-electron chi connectivity index (χ0n) is 12.0. The summed E-state index contributed by atoms with van der Waals surface area (Å²) >= 11 is 5.02. The van der Waals surface area contributed by atoms with Crippen molar-refractivity contribution in [2.24, 2.45) is 5.73 Å². The number of hydrogen-bond donors (Lipinski definition) is 1. The van der Waals surface area contributed by atoms with Crippen molar-refractivity contribution in [3.8, 4) is 0 Å². The van der Waals surface area contributed by atoms with Gasteiger partial charge in [0.2, 0.25) is 5.95 Å². The third-order valence-corrected chi connectivity index (χ3v) is 4.05. The summed E-state index contributed by atoms with van der Waals surface area (Å²) in [5, 5.41) is 0. The molecule has 4 nitrogen and oxygen atoms in total. The zero-order valence-corrected chi connectivity index (χ0v) is 12.8. The van der Waals surface area contributed by atoms with Gasteiger partial charge in [-0.15, -0.1) is 0 Å². The van der Waals surface area contributed by atoms with Crippen LogP contribution in [0.2, 0.25) is 0 Å². The molecule has 0 aliphatic carbocycles. The lowest BCUT2D eigenvalue weighted by molar-refractivity contribution is 0.772. The van der Waals surface area contributed by atoms with Crippen molar-refractivity contribution >= 4 is 23.2 Å². The SMILES string of the molecule is Cc1cc(C(N)=S)nc(N2CCC(c3ccccc3)C2)n1. The molecule has 2 N–H and O–H groups in total. The molecule has 1 aromatic heterocycles. The lowest BCUT2D eigenvalue weighted by Gasteiger charge is -2.17. The number of hydrogen-bond acceptors (Lipinski definition) is 4. The van der Waals surface area contributed by atoms with Crippen LogP contribution in [0.25, 0.3) is 0 Å². The summed E-state index contributed by atoms with van der Waals surface area (Å²) in [5.74, 6) is 1.26. The fraction of sp³-hybridized carbons (Fsp3) is 0.312. The molecule has 5 heteroatoms. The van der Waals surface area contributed by atoms with Crippen LogP contribution in [0.4, 0.5) is 5.95 Å². The lowest BCUT2D eigenvalue weighted by atomic mass is 9.99. The van der Waals surface area contributed by atoms with Gasteiger partial charge in [0.1, 0.15) is 10.7 Å². The maximum atomic E-state index is 5.69. The van der Waals surface area contributed by atoms with Gasteiger partial charge in [-0.1, -0.05) is 42.5 Å². The molecule has 3 rings (SSSR count). The van der Waals surface area contributed by atoms with Crippen LogP contribution in [0.15, 0.2) is 36.4 Å². The van der Waals surface area contributed by atoms with Gasteiger partial charge in [0.25, 0.3) is 0 Å². The van der Waals surface area contributed by atoms with Crippen molar-refractivity contribution in [3.63, 3.8) is 0 Å². The molecular formula is C16H18N4S. The fourth-order valence-electron chi connectivity index (χ4n) is 2.76. The van der Waals surface area contributed by atoms with E-state index in [1.165, 1.54) is 5.56 Å². The number of anilines is 1. The largest absolute Gasteiger partial charge is 0.388 e. The topological polar surface area (TPSA) is 55.0 Å². The monoisotopic (exact) mass is 298 g/mol. The van der Waals surface area contributed by atoms with Gasteiger partial charge in [-0.05, 0) is 25.0 Å². The van der Waals surface area contributed by atoms with E-state index in [9.17, 15) is 0 Å². The van der Waals surface area contributed by atoms with Gasteiger partial charge in [0.15, 0.2) is 0 Å². The minimum absolute atomic E-state index is 0.320. The number of aryl methyl sites for hydroxylation is 1. The highest BCUT2D eigenvalue weighted by atomic mass is 32.1. The molecular weight excluding hydrogens is 280 g/mol. The Bertz CT molecular complexity index is 657. The van der Waals surface area contributed by atoms with Crippen LogP contribution >= 0.6 is 12.2 Å². The van der Waals surface area contributed by atoms with E-state index in [0.29, 0.717) is 16.6 Å². The minimum Gasteiger partial charge on any atom is -0.388 e. The van der Waals surface area contributed by atoms with E-state index in [4.69, 9.17) is 18.0 Å². The van der Waals surface area contributed by atoms with E-state index in [-0.39, 0.29) is 0 Å². The fourth-order valence-corrected chi connectivity index (χ4v) is 2.86. The predicted molar refractivity (Wildman–Crippen MR) is 88.7 cm³/mol. The number of thiocarbonyl (C=S) groups is 1. The molecule has 0 amide bonds. The number of aromatic nitrogens is 2. The van der Waals surface area contributed by atoms with Crippen LogP contribution in [0, 0.1) is 6.92 Å². The molecule has 0 spiro atoms. The number of nitrogens with zero attached hydrogens (tertiary/aromatic N) is 3. The van der Waals surface area contributed by atoms with E-state index >= 15 is 0 Å². The molecule has 0 saturated carbocycles. The molecule has 2 heterocycles. The van der Waals surface area contributed by atoms with Gasteiger partial charge in [-0.25, -0.2) is 9.97 Å². The van der Waals surface area contributed by atoms with Crippen LogP contribution in [0.3, 0.4) is 0 Å². The summed E-state index contributed by atoms with van der Waals surface area (Å²) in [5.41, 5.74) is 8.61. The van der Waals surface area contributed by atoms with Crippen molar-refractivity contribution in [1.29, 1.82) is 0 Å². The van der Waals surface area contributed by atoms with E-state index < -0.39 is 0 Å².